The Bertz CT molecular complexity index is 647. The van der Waals surface area contributed by atoms with Crippen molar-refractivity contribution >= 4 is 17.5 Å². The number of carbonyl (C=O) groups excluding carboxylic acids is 2. The molecule has 0 bridgehead atoms. The lowest BCUT2D eigenvalue weighted by Gasteiger charge is -2.26. The van der Waals surface area contributed by atoms with Crippen molar-refractivity contribution in [2.24, 2.45) is 0 Å². The van der Waals surface area contributed by atoms with E-state index in [-0.39, 0.29) is 11.8 Å². The van der Waals surface area contributed by atoms with E-state index in [4.69, 9.17) is 0 Å². The monoisotopic (exact) mass is 297 g/mol. The van der Waals surface area contributed by atoms with Gasteiger partial charge in [0, 0.05) is 36.1 Å². The Morgan fingerprint density at radius 2 is 2.00 bits per heavy atom. The van der Waals surface area contributed by atoms with Gasteiger partial charge in [0.05, 0.1) is 6.54 Å². The van der Waals surface area contributed by atoms with Crippen molar-refractivity contribution in [3.05, 3.63) is 53.9 Å². The Morgan fingerprint density at radius 1 is 1.18 bits per heavy atom. The van der Waals surface area contributed by atoms with Crippen molar-refractivity contribution in [3.8, 4) is 0 Å². The molecule has 0 unspecified atom stereocenters. The maximum atomic E-state index is 12.1. The number of aromatic amines is 1. The average molecular weight is 297 g/mol. The standard InChI is InChI=1S/C17H19N3O2/c21-16-5-1-2-11-20(16)15-8-6-13(7-9-15)17(22)19-12-14-4-3-10-18-14/h3-4,6-10,18H,1-2,5,11-12H2,(H,19,22). The Balaban J connectivity index is 1.63. The first-order valence-electron chi connectivity index (χ1n) is 7.55. The number of rotatable bonds is 4. The molecule has 0 spiro atoms. The van der Waals surface area contributed by atoms with Crippen LogP contribution in [0.1, 0.15) is 35.3 Å². The molecule has 3 rings (SSSR count). The normalized spacial score (nSPS) is 14.9. The van der Waals surface area contributed by atoms with E-state index in [1.54, 1.807) is 17.0 Å². The molecule has 2 aromatic rings. The highest BCUT2D eigenvalue weighted by molar-refractivity contribution is 5.96. The molecular weight excluding hydrogens is 278 g/mol. The van der Waals surface area contributed by atoms with Crippen molar-refractivity contribution in [1.82, 2.24) is 10.3 Å². The smallest absolute Gasteiger partial charge is 0.251 e. The second-order valence-electron chi connectivity index (χ2n) is 5.43. The second kappa shape index (κ2) is 6.47. The van der Waals surface area contributed by atoms with Gasteiger partial charge < -0.3 is 15.2 Å². The Kier molecular flexibility index (Phi) is 4.23. The van der Waals surface area contributed by atoms with Gasteiger partial charge in [-0.05, 0) is 49.2 Å². The minimum Gasteiger partial charge on any atom is -0.364 e. The number of hydrogen-bond donors (Lipinski definition) is 2. The van der Waals surface area contributed by atoms with E-state index in [0.717, 1.165) is 30.8 Å². The minimum absolute atomic E-state index is 0.119. The van der Waals surface area contributed by atoms with Crippen LogP contribution in [-0.4, -0.2) is 23.3 Å². The molecule has 0 radical (unpaired) electrons. The summed E-state index contributed by atoms with van der Waals surface area (Å²) in [5.41, 5.74) is 2.43. The van der Waals surface area contributed by atoms with Crippen LogP contribution in [0.15, 0.2) is 42.6 Å². The van der Waals surface area contributed by atoms with Crippen LogP contribution in [0.4, 0.5) is 5.69 Å². The average Bonchev–Trinajstić information content (AvgIpc) is 3.07. The van der Waals surface area contributed by atoms with Crippen LogP contribution in [0, 0.1) is 0 Å². The molecule has 1 saturated heterocycles. The number of aromatic nitrogens is 1. The van der Waals surface area contributed by atoms with Gasteiger partial charge in [0.15, 0.2) is 0 Å². The number of H-pyrrole nitrogens is 1. The number of amides is 2. The fourth-order valence-electron chi connectivity index (χ4n) is 2.63. The van der Waals surface area contributed by atoms with Gasteiger partial charge in [-0.25, -0.2) is 0 Å². The second-order valence-corrected chi connectivity index (χ2v) is 5.43. The molecule has 0 aliphatic carbocycles. The summed E-state index contributed by atoms with van der Waals surface area (Å²) in [4.78, 5) is 28.8. The molecule has 2 amide bonds. The van der Waals surface area contributed by atoms with E-state index in [9.17, 15) is 9.59 Å². The molecule has 1 aromatic heterocycles. The lowest BCUT2D eigenvalue weighted by Crippen LogP contribution is -2.35. The van der Waals surface area contributed by atoms with E-state index >= 15 is 0 Å². The number of carbonyl (C=O) groups is 2. The highest BCUT2D eigenvalue weighted by atomic mass is 16.2. The number of benzene rings is 1. The Labute approximate surface area is 129 Å². The highest BCUT2D eigenvalue weighted by Crippen LogP contribution is 2.21. The molecule has 1 aliphatic rings. The highest BCUT2D eigenvalue weighted by Gasteiger charge is 2.19. The summed E-state index contributed by atoms with van der Waals surface area (Å²) >= 11 is 0. The fraction of sp³-hybridized carbons (Fsp3) is 0.294. The molecule has 114 valence electrons. The quantitative estimate of drug-likeness (QED) is 0.910. The van der Waals surface area contributed by atoms with Gasteiger partial charge in [-0.3, -0.25) is 9.59 Å². The molecule has 1 aromatic carbocycles. The summed E-state index contributed by atoms with van der Waals surface area (Å²) in [6, 6.07) is 11.0. The minimum atomic E-state index is -0.119. The topological polar surface area (TPSA) is 65.2 Å². The van der Waals surface area contributed by atoms with Crippen LogP contribution in [0.3, 0.4) is 0 Å². The Hall–Kier alpha value is -2.56. The molecule has 0 atom stereocenters. The molecule has 2 N–H and O–H groups in total. The predicted molar refractivity (Wildman–Crippen MR) is 84.6 cm³/mol. The number of anilines is 1. The Morgan fingerprint density at radius 3 is 2.68 bits per heavy atom. The zero-order valence-corrected chi connectivity index (χ0v) is 12.3. The lowest BCUT2D eigenvalue weighted by molar-refractivity contribution is -0.119. The summed E-state index contributed by atoms with van der Waals surface area (Å²) < 4.78 is 0. The van der Waals surface area contributed by atoms with Gasteiger partial charge in [0.1, 0.15) is 0 Å². The molecule has 5 heteroatoms. The van der Waals surface area contributed by atoms with Crippen LogP contribution in [-0.2, 0) is 11.3 Å². The molecule has 5 nitrogen and oxygen atoms in total. The van der Waals surface area contributed by atoms with E-state index in [1.165, 1.54) is 0 Å². The third kappa shape index (κ3) is 3.19. The van der Waals surface area contributed by atoms with Gasteiger partial charge in [0.2, 0.25) is 5.91 Å². The van der Waals surface area contributed by atoms with Crippen LogP contribution < -0.4 is 10.2 Å². The van der Waals surface area contributed by atoms with Crippen molar-refractivity contribution in [3.63, 3.8) is 0 Å². The zero-order valence-electron chi connectivity index (χ0n) is 12.3. The SMILES string of the molecule is O=C(NCc1ccc[nH]1)c1ccc(N2CCCCC2=O)cc1. The molecule has 1 fully saturated rings. The van der Waals surface area contributed by atoms with Gasteiger partial charge >= 0.3 is 0 Å². The summed E-state index contributed by atoms with van der Waals surface area (Å²) in [6.07, 6.45) is 4.43. The fourth-order valence-corrected chi connectivity index (χ4v) is 2.63. The van der Waals surface area contributed by atoms with Crippen LogP contribution >= 0.6 is 0 Å². The number of hydrogen-bond acceptors (Lipinski definition) is 2. The van der Waals surface area contributed by atoms with Crippen molar-refractivity contribution in [2.75, 3.05) is 11.4 Å². The summed E-state index contributed by atoms with van der Waals surface area (Å²) in [6.45, 7) is 1.23. The predicted octanol–water partition coefficient (Wildman–Crippen LogP) is 2.46. The maximum Gasteiger partial charge on any atom is 0.251 e. The molecule has 2 heterocycles. The molecule has 22 heavy (non-hydrogen) atoms. The van der Waals surface area contributed by atoms with E-state index < -0.39 is 0 Å². The zero-order chi connectivity index (χ0) is 15.4. The first kappa shape index (κ1) is 14.4. The van der Waals surface area contributed by atoms with Crippen LogP contribution in [0.25, 0.3) is 0 Å². The first-order chi connectivity index (χ1) is 10.7. The first-order valence-corrected chi connectivity index (χ1v) is 7.55. The number of nitrogens with one attached hydrogen (secondary N) is 2. The molecule has 1 aliphatic heterocycles. The van der Waals surface area contributed by atoms with Gasteiger partial charge in [-0.2, -0.15) is 0 Å². The van der Waals surface area contributed by atoms with Gasteiger partial charge in [-0.15, -0.1) is 0 Å². The van der Waals surface area contributed by atoms with Crippen molar-refractivity contribution in [2.45, 2.75) is 25.8 Å². The lowest BCUT2D eigenvalue weighted by atomic mass is 10.1. The number of nitrogens with zero attached hydrogens (tertiary/aromatic N) is 1. The third-order valence-electron chi connectivity index (χ3n) is 3.87. The third-order valence-corrected chi connectivity index (χ3v) is 3.87. The van der Waals surface area contributed by atoms with Crippen LogP contribution in [0.5, 0.6) is 0 Å². The summed E-state index contributed by atoms with van der Waals surface area (Å²) in [5, 5.41) is 2.86. The van der Waals surface area contributed by atoms with E-state index in [2.05, 4.69) is 10.3 Å². The molecule has 0 saturated carbocycles. The van der Waals surface area contributed by atoms with E-state index in [0.29, 0.717) is 18.5 Å². The summed E-state index contributed by atoms with van der Waals surface area (Å²) in [5.74, 6) is 0.0429. The molecular formula is C17H19N3O2. The van der Waals surface area contributed by atoms with Crippen LogP contribution in [0.2, 0.25) is 0 Å². The summed E-state index contributed by atoms with van der Waals surface area (Å²) in [7, 11) is 0. The van der Waals surface area contributed by atoms with Crippen molar-refractivity contribution in [1.29, 1.82) is 0 Å². The maximum absolute atomic E-state index is 12.1. The van der Waals surface area contributed by atoms with Gasteiger partial charge in [0.25, 0.3) is 5.91 Å². The van der Waals surface area contributed by atoms with Crippen molar-refractivity contribution < 1.29 is 9.59 Å². The largest absolute Gasteiger partial charge is 0.364 e. The van der Waals surface area contributed by atoms with E-state index in [1.807, 2.05) is 30.5 Å². The van der Waals surface area contributed by atoms with Gasteiger partial charge in [-0.1, -0.05) is 0 Å². The number of piperidine rings is 1.